The summed E-state index contributed by atoms with van der Waals surface area (Å²) < 4.78 is 17.9. The molecule has 29 heavy (non-hydrogen) atoms. The molecular formula is C20H23N5O4. The van der Waals surface area contributed by atoms with Gasteiger partial charge in [-0.25, -0.2) is 4.79 Å². The van der Waals surface area contributed by atoms with Crippen LogP contribution in [0.3, 0.4) is 0 Å². The molecule has 0 unspecified atom stereocenters. The third kappa shape index (κ3) is 3.35. The summed E-state index contributed by atoms with van der Waals surface area (Å²) in [6.07, 6.45) is 4.15. The maximum Gasteiger partial charge on any atom is 0.409 e. The van der Waals surface area contributed by atoms with Gasteiger partial charge in [-0.3, -0.25) is 4.68 Å². The van der Waals surface area contributed by atoms with E-state index in [2.05, 4.69) is 21.3 Å². The summed E-state index contributed by atoms with van der Waals surface area (Å²) in [6, 6.07) is 6.33. The van der Waals surface area contributed by atoms with E-state index in [-0.39, 0.29) is 18.1 Å². The second-order valence-corrected chi connectivity index (χ2v) is 7.57. The summed E-state index contributed by atoms with van der Waals surface area (Å²) >= 11 is 0. The van der Waals surface area contributed by atoms with Crippen LogP contribution >= 0.6 is 0 Å². The SMILES string of the molecule is COC(=O)N1CCC(c2noc(-c3ccc4cnn([C@H]5CCOC5)c4c3)n2)CC1. The van der Waals surface area contributed by atoms with Gasteiger partial charge < -0.3 is 18.9 Å². The van der Waals surface area contributed by atoms with Crippen LogP contribution in [0, 0.1) is 0 Å². The Kier molecular flexibility index (Phi) is 4.67. The minimum Gasteiger partial charge on any atom is -0.453 e. The Labute approximate surface area is 167 Å². The van der Waals surface area contributed by atoms with Crippen molar-refractivity contribution in [1.82, 2.24) is 24.8 Å². The normalized spacial score (nSPS) is 20.4. The molecule has 2 fully saturated rings. The van der Waals surface area contributed by atoms with Crippen molar-refractivity contribution in [3.8, 4) is 11.5 Å². The van der Waals surface area contributed by atoms with Gasteiger partial charge in [-0.05, 0) is 31.4 Å². The van der Waals surface area contributed by atoms with Crippen molar-refractivity contribution in [2.24, 2.45) is 0 Å². The Morgan fingerprint density at radius 3 is 2.86 bits per heavy atom. The highest BCUT2D eigenvalue weighted by Gasteiger charge is 2.28. The van der Waals surface area contributed by atoms with E-state index in [1.54, 1.807) is 4.90 Å². The Hall–Kier alpha value is -2.94. The molecule has 152 valence electrons. The van der Waals surface area contributed by atoms with Crippen molar-refractivity contribution in [2.75, 3.05) is 33.4 Å². The minimum absolute atomic E-state index is 0.179. The van der Waals surface area contributed by atoms with E-state index in [0.29, 0.717) is 31.4 Å². The molecule has 1 aromatic carbocycles. The number of ether oxygens (including phenoxy) is 2. The van der Waals surface area contributed by atoms with Crippen LogP contribution in [-0.2, 0) is 9.47 Å². The monoisotopic (exact) mass is 397 g/mol. The van der Waals surface area contributed by atoms with Gasteiger partial charge in [0, 0.05) is 36.6 Å². The number of carbonyl (C=O) groups excluding carboxylic acids is 1. The first-order valence-electron chi connectivity index (χ1n) is 9.95. The first kappa shape index (κ1) is 18.1. The summed E-state index contributed by atoms with van der Waals surface area (Å²) in [5.74, 6) is 1.38. The number of carbonyl (C=O) groups is 1. The van der Waals surface area contributed by atoms with Crippen LogP contribution in [-0.4, -0.2) is 64.3 Å². The number of methoxy groups -OCH3 is 1. The predicted octanol–water partition coefficient (Wildman–Crippen LogP) is 2.99. The molecule has 0 N–H and O–H groups in total. The standard InChI is InChI=1S/C20H23N5O4/c1-27-20(26)24-7-4-13(5-8-24)18-22-19(29-23-18)14-2-3-15-11-21-25(17(15)10-14)16-6-9-28-12-16/h2-3,10-11,13,16H,4-9,12H2,1H3/t16-/m0/s1. The second kappa shape index (κ2) is 7.47. The van der Waals surface area contributed by atoms with E-state index in [4.69, 9.17) is 14.0 Å². The van der Waals surface area contributed by atoms with Crippen LogP contribution in [0.2, 0.25) is 0 Å². The maximum absolute atomic E-state index is 11.6. The van der Waals surface area contributed by atoms with Crippen LogP contribution < -0.4 is 0 Å². The summed E-state index contributed by atoms with van der Waals surface area (Å²) in [4.78, 5) is 18.0. The third-order valence-electron chi connectivity index (χ3n) is 5.83. The molecule has 4 heterocycles. The zero-order valence-electron chi connectivity index (χ0n) is 16.3. The third-order valence-corrected chi connectivity index (χ3v) is 5.83. The summed E-state index contributed by atoms with van der Waals surface area (Å²) in [6.45, 7) is 2.73. The fraction of sp³-hybridized carbons (Fsp3) is 0.500. The van der Waals surface area contributed by atoms with E-state index in [0.717, 1.165) is 42.3 Å². The zero-order valence-corrected chi connectivity index (χ0v) is 16.3. The number of benzene rings is 1. The summed E-state index contributed by atoms with van der Waals surface area (Å²) in [7, 11) is 1.41. The molecule has 3 aromatic rings. The fourth-order valence-corrected chi connectivity index (χ4v) is 4.14. The van der Waals surface area contributed by atoms with E-state index >= 15 is 0 Å². The highest BCUT2D eigenvalue weighted by Crippen LogP contribution is 2.30. The van der Waals surface area contributed by atoms with Gasteiger partial charge in [-0.2, -0.15) is 10.1 Å². The predicted molar refractivity (Wildman–Crippen MR) is 103 cm³/mol. The number of piperidine rings is 1. The van der Waals surface area contributed by atoms with Crippen LogP contribution in [0.25, 0.3) is 22.4 Å². The van der Waals surface area contributed by atoms with Crippen LogP contribution in [0.5, 0.6) is 0 Å². The number of aromatic nitrogens is 4. The summed E-state index contributed by atoms with van der Waals surface area (Å²) in [5, 5.41) is 9.84. The van der Waals surface area contributed by atoms with Crippen molar-refractivity contribution in [2.45, 2.75) is 31.2 Å². The van der Waals surface area contributed by atoms with Gasteiger partial charge in [-0.15, -0.1) is 0 Å². The highest BCUT2D eigenvalue weighted by molar-refractivity contribution is 5.83. The average Bonchev–Trinajstić information content (AvgIpc) is 3.53. The molecule has 0 bridgehead atoms. The van der Waals surface area contributed by atoms with Crippen molar-refractivity contribution < 1.29 is 18.8 Å². The number of nitrogens with zero attached hydrogens (tertiary/aromatic N) is 5. The number of hydrogen-bond donors (Lipinski definition) is 0. The number of likely N-dealkylation sites (tertiary alicyclic amines) is 1. The van der Waals surface area contributed by atoms with Crippen LogP contribution in [0.4, 0.5) is 4.79 Å². The lowest BCUT2D eigenvalue weighted by Gasteiger charge is -2.29. The molecular weight excluding hydrogens is 374 g/mol. The van der Waals surface area contributed by atoms with E-state index in [9.17, 15) is 4.79 Å². The molecule has 1 atom stereocenters. The Morgan fingerprint density at radius 2 is 2.10 bits per heavy atom. The highest BCUT2D eigenvalue weighted by atomic mass is 16.5. The Balaban J connectivity index is 1.36. The van der Waals surface area contributed by atoms with Gasteiger partial charge in [0.1, 0.15) is 0 Å². The molecule has 2 saturated heterocycles. The molecule has 2 aromatic heterocycles. The molecule has 0 radical (unpaired) electrons. The number of rotatable bonds is 3. The molecule has 2 aliphatic heterocycles. The minimum atomic E-state index is -0.283. The van der Waals surface area contributed by atoms with Gasteiger partial charge in [0.15, 0.2) is 5.82 Å². The van der Waals surface area contributed by atoms with E-state index in [1.807, 2.05) is 23.0 Å². The van der Waals surface area contributed by atoms with E-state index in [1.165, 1.54) is 7.11 Å². The number of hydrogen-bond acceptors (Lipinski definition) is 7. The topological polar surface area (TPSA) is 95.5 Å². The van der Waals surface area contributed by atoms with Crippen molar-refractivity contribution in [3.63, 3.8) is 0 Å². The van der Waals surface area contributed by atoms with Crippen LogP contribution in [0.15, 0.2) is 28.9 Å². The Bertz CT molecular complexity index is 1010. The molecule has 9 nitrogen and oxygen atoms in total. The van der Waals surface area contributed by atoms with Gasteiger partial charge >= 0.3 is 6.09 Å². The molecule has 5 rings (SSSR count). The Morgan fingerprint density at radius 1 is 1.24 bits per heavy atom. The smallest absolute Gasteiger partial charge is 0.409 e. The number of amides is 1. The lowest BCUT2D eigenvalue weighted by Crippen LogP contribution is -2.37. The van der Waals surface area contributed by atoms with Gasteiger partial charge in [0.05, 0.1) is 31.5 Å². The number of fused-ring (bicyclic) bond motifs is 1. The molecule has 0 spiro atoms. The average molecular weight is 397 g/mol. The van der Waals surface area contributed by atoms with Crippen LogP contribution in [0.1, 0.15) is 37.0 Å². The zero-order chi connectivity index (χ0) is 19.8. The maximum atomic E-state index is 11.6. The summed E-state index contributed by atoms with van der Waals surface area (Å²) in [5.41, 5.74) is 1.92. The van der Waals surface area contributed by atoms with Crippen molar-refractivity contribution >= 4 is 17.0 Å². The van der Waals surface area contributed by atoms with Gasteiger partial charge in [-0.1, -0.05) is 11.2 Å². The van der Waals surface area contributed by atoms with Gasteiger partial charge in [0.25, 0.3) is 5.89 Å². The van der Waals surface area contributed by atoms with E-state index < -0.39 is 0 Å². The quantitative estimate of drug-likeness (QED) is 0.670. The lowest BCUT2D eigenvalue weighted by atomic mass is 9.96. The van der Waals surface area contributed by atoms with Crippen molar-refractivity contribution in [1.29, 1.82) is 0 Å². The second-order valence-electron chi connectivity index (χ2n) is 7.57. The fourth-order valence-electron chi connectivity index (χ4n) is 4.14. The molecule has 1 amide bonds. The molecule has 0 aliphatic carbocycles. The lowest BCUT2D eigenvalue weighted by molar-refractivity contribution is 0.111. The molecule has 2 aliphatic rings. The first-order chi connectivity index (χ1) is 14.2. The largest absolute Gasteiger partial charge is 0.453 e. The molecule has 9 heteroatoms. The van der Waals surface area contributed by atoms with Crippen molar-refractivity contribution in [3.05, 3.63) is 30.2 Å². The van der Waals surface area contributed by atoms with Gasteiger partial charge in [0.2, 0.25) is 0 Å². The molecule has 0 saturated carbocycles. The first-order valence-corrected chi connectivity index (χ1v) is 9.95.